The second-order valence-electron chi connectivity index (χ2n) is 11.3. The Hall–Kier alpha value is -2.48. The fraction of sp³-hybridized carbons (Fsp3) is 0.586. The number of aliphatic hydroxyl groups is 1. The Morgan fingerprint density at radius 1 is 1.03 bits per heavy atom. The molecule has 3 fully saturated rings. The van der Waals surface area contributed by atoms with E-state index in [9.17, 15) is 5.11 Å². The second-order valence-corrected chi connectivity index (χ2v) is 11.3. The van der Waals surface area contributed by atoms with Crippen molar-refractivity contribution in [3.8, 4) is 11.1 Å². The van der Waals surface area contributed by atoms with Crippen molar-refractivity contribution in [3.63, 3.8) is 0 Å². The maximum Gasteiger partial charge on any atom is 0.224 e. The molecule has 36 heavy (non-hydrogen) atoms. The molecule has 2 unspecified atom stereocenters. The molecule has 7 nitrogen and oxygen atoms in total. The average Bonchev–Trinajstić information content (AvgIpc) is 3.55. The van der Waals surface area contributed by atoms with Gasteiger partial charge in [-0.3, -0.25) is 4.90 Å². The molecule has 3 heterocycles. The molecule has 2 N–H and O–H groups in total. The highest BCUT2D eigenvalue weighted by Gasteiger charge is 2.36. The lowest BCUT2D eigenvalue weighted by Gasteiger charge is -2.32. The smallest absolute Gasteiger partial charge is 0.224 e. The van der Waals surface area contributed by atoms with Gasteiger partial charge in [0.25, 0.3) is 0 Å². The van der Waals surface area contributed by atoms with Crippen LogP contribution in [0.1, 0.15) is 57.1 Å². The van der Waals surface area contributed by atoms with Crippen molar-refractivity contribution in [1.82, 2.24) is 24.3 Å². The van der Waals surface area contributed by atoms with Crippen LogP contribution >= 0.6 is 0 Å². The van der Waals surface area contributed by atoms with Crippen LogP contribution in [0, 0.1) is 5.92 Å². The quantitative estimate of drug-likeness (QED) is 0.509. The molecule has 3 aromatic rings. The van der Waals surface area contributed by atoms with Crippen LogP contribution in [-0.2, 0) is 6.54 Å². The number of aromatic nitrogens is 3. The highest BCUT2D eigenvalue weighted by atomic mass is 16.3. The number of hydrogen-bond donors (Lipinski definition) is 2. The van der Waals surface area contributed by atoms with E-state index in [4.69, 9.17) is 9.97 Å². The molecule has 0 spiro atoms. The topological polar surface area (TPSA) is 69.5 Å². The van der Waals surface area contributed by atoms with Gasteiger partial charge in [0.05, 0.1) is 6.10 Å². The maximum atomic E-state index is 10.1. The van der Waals surface area contributed by atoms with Crippen molar-refractivity contribution in [1.29, 1.82) is 0 Å². The zero-order valence-electron chi connectivity index (χ0n) is 21.7. The summed E-state index contributed by atoms with van der Waals surface area (Å²) in [5, 5.41) is 14.7. The maximum absolute atomic E-state index is 10.1. The third-order valence-corrected chi connectivity index (χ3v) is 8.66. The number of rotatable bonds is 7. The molecule has 2 aromatic heterocycles. The van der Waals surface area contributed by atoms with Crippen LogP contribution in [0.15, 0.2) is 36.7 Å². The van der Waals surface area contributed by atoms with Crippen molar-refractivity contribution in [2.75, 3.05) is 38.5 Å². The first kappa shape index (κ1) is 23.9. The average molecular weight is 489 g/mol. The number of piperazine rings is 1. The van der Waals surface area contributed by atoms with Crippen LogP contribution < -0.4 is 5.32 Å². The number of likely N-dealkylation sites (N-methyl/N-ethyl adjacent to an activating group) is 1. The largest absolute Gasteiger partial charge is 0.393 e. The fourth-order valence-electron chi connectivity index (χ4n) is 6.04. The SMILES string of the molecule is CCC1CC1Nc1ncc2c(-c3ccc(CN4CCN(C)CC4)cc3)cn(C3CCC(O)CC3)c2n1. The van der Waals surface area contributed by atoms with Gasteiger partial charge in [-0.05, 0) is 56.2 Å². The first-order valence-corrected chi connectivity index (χ1v) is 13.9. The third kappa shape index (κ3) is 5.01. The minimum Gasteiger partial charge on any atom is -0.393 e. The molecule has 6 rings (SSSR count). The Labute approximate surface area is 214 Å². The van der Waals surface area contributed by atoms with Gasteiger partial charge in [0.1, 0.15) is 5.65 Å². The number of nitrogens with zero attached hydrogens (tertiary/aromatic N) is 5. The second kappa shape index (κ2) is 10.1. The zero-order chi connectivity index (χ0) is 24.6. The molecule has 1 aromatic carbocycles. The standard InChI is InChI=1S/C29H40N6O/c1-3-21-16-27(21)31-29-30-17-25-26(19-35(28(25)32-29)23-8-10-24(36)11-9-23)22-6-4-20(5-7-22)18-34-14-12-33(2)13-15-34/h4-7,17,19,21,23-24,27,36H,3,8-16,18H2,1-2H3,(H,30,31,32). The van der Waals surface area contributed by atoms with Gasteiger partial charge in [0.2, 0.25) is 5.95 Å². The van der Waals surface area contributed by atoms with Gasteiger partial charge in [-0.25, -0.2) is 4.98 Å². The minimum atomic E-state index is -0.164. The monoisotopic (exact) mass is 488 g/mol. The van der Waals surface area contributed by atoms with Crippen LogP contribution in [0.25, 0.3) is 22.2 Å². The Kier molecular flexibility index (Phi) is 6.71. The molecule has 2 aliphatic carbocycles. The molecule has 192 valence electrons. The lowest BCUT2D eigenvalue weighted by Crippen LogP contribution is -2.43. The van der Waals surface area contributed by atoms with E-state index in [0.717, 1.165) is 81.3 Å². The molecule has 1 aliphatic heterocycles. The van der Waals surface area contributed by atoms with Crippen LogP contribution in [0.3, 0.4) is 0 Å². The van der Waals surface area contributed by atoms with Crippen LogP contribution in [0.5, 0.6) is 0 Å². The number of fused-ring (bicyclic) bond motifs is 1. The van der Waals surface area contributed by atoms with Crippen LogP contribution in [-0.4, -0.2) is 74.8 Å². The van der Waals surface area contributed by atoms with Crippen molar-refractivity contribution in [2.24, 2.45) is 5.92 Å². The Morgan fingerprint density at radius 3 is 2.47 bits per heavy atom. The number of anilines is 1. The molecule has 0 bridgehead atoms. The lowest BCUT2D eigenvalue weighted by atomic mass is 9.93. The van der Waals surface area contributed by atoms with Crippen molar-refractivity contribution < 1.29 is 5.11 Å². The van der Waals surface area contributed by atoms with Crippen molar-refractivity contribution >= 4 is 17.0 Å². The zero-order valence-corrected chi connectivity index (χ0v) is 21.7. The summed E-state index contributed by atoms with van der Waals surface area (Å²) in [4.78, 5) is 14.7. The number of aliphatic hydroxyl groups excluding tert-OH is 1. The van der Waals surface area contributed by atoms with Gasteiger partial charge in [-0.2, -0.15) is 4.98 Å². The molecule has 2 atom stereocenters. The fourth-order valence-corrected chi connectivity index (χ4v) is 6.04. The summed E-state index contributed by atoms with van der Waals surface area (Å²) in [6.45, 7) is 7.82. The number of nitrogens with one attached hydrogen (secondary N) is 1. The van der Waals surface area contributed by atoms with E-state index < -0.39 is 0 Å². The first-order chi connectivity index (χ1) is 17.6. The van der Waals surface area contributed by atoms with Gasteiger partial charge in [-0.1, -0.05) is 37.6 Å². The predicted octanol–water partition coefficient (Wildman–Crippen LogP) is 4.53. The molecular weight excluding hydrogens is 448 g/mol. The van der Waals surface area contributed by atoms with E-state index in [2.05, 4.69) is 64.1 Å². The summed E-state index contributed by atoms with van der Waals surface area (Å²) in [7, 11) is 2.20. The van der Waals surface area contributed by atoms with E-state index in [-0.39, 0.29) is 6.10 Å². The van der Waals surface area contributed by atoms with E-state index >= 15 is 0 Å². The number of benzene rings is 1. The highest BCUT2D eigenvalue weighted by Crippen LogP contribution is 2.38. The third-order valence-electron chi connectivity index (χ3n) is 8.66. The molecular formula is C29H40N6O. The molecule has 7 heteroatoms. The first-order valence-electron chi connectivity index (χ1n) is 13.9. The summed E-state index contributed by atoms with van der Waals surface area (Å²) in [6.07, 6.45) is 10.2. The van der Waals surface area contributed by atoms with Gasteiger partial charge in [0.15, 0.2) is 0 Å². The Bertz CT molecular complexity index is 1170. The molecule has 0 amide bonds. The normalized spacial score (nSPS) is 27.4. The molecule has 2 saturated carbocycles. The number of hydrogen-bond acceptors (Lipinski definition) is 6. The van der Waals surface area contributed by atoms with Gasteiger partial charge in [0, 0.05) is 68.2 Å². The lowest BCUT2D eigenvalue weighted by molar-refractivity contribution is 0.111. The van der Waals surface area contributed by atoms with Crippen molar-refractivity contribution in [2.45, 2.75) is 70.2 Å². The summed E-state index contributed by atoms with van der Waals surface area (Å²) in [5.74, 6) is 1.49. The van der Waals surface area contributed by atoms with E-state index in [0.29, 0.717) is 12.1 Å². The van der Waals surface area contributed by atoms with Gasteiger partial charge >= 0.3 is 0 Å². The van der Waals surface area contributed by atoms with E-state index in [1.807, 2.05) is 6.20 Å². The van der Waals surface area contributed by atoms with Gasteiger partial charge in [-0.15, -0.1) is 0 Å². The predicted molar refractivity (Wildman–Crippen MR) is 145 cm³/mol. The van der Waals surface area contributed by atoms with Crippen LogP contribution in [0.4, 0.5) is 5.95 Å². The molecule has 3 aliphatic rings. The summed E-state index contributed by atoms with van der Waals surface area (Å²) >= 11 is 0. The van der Waals surface area contributed by atoms with Crippen LogP contribution in [0.2, 0.25) is 0 Å². The van der Waals surface area contributed by atoms with Gasteiger partial charge < -0.3 is 19.9 Å². The van der Waals surface area contributed by atoms with Crippen molar-refractivity contribution in [3.05, 3.63) is 42.2 Å². The molecule has 0 radical (unpaired) electrons. The Balaban J connectivity index is 1.28. The molecule has 1 saturated heterocycles. The highest BCUT2D eigenvalue weighted by molar-refractivity contribution is 5.94. The summed E-state index contributed by atoms with van der Waals surface area (Å²) < 4.78 is 2.37. The summed E-state index contributed by atoms with van der Waals surface area (Å²) in [6, 6.07) is 9.96. The van der Waals surface area contributed by atoms with E-state index in [1.54, 1.807) is 0 Å². The minimum absolute atomic E-state index is 0.164. The van der Waals surface area contributed by atoms with E-state index in [1.165, 1.54) is 29.5 Å². The summed E-state index contributed by atoms with van der Waals surface area (Å²) in [5.41, 5.74) is 4.80. The Morgan fingerprint density at radius 2 is 1.78 bits per heavy atom.